The smallest absolute Gasteiger partial charge is 0.224 e. The number of hydrogen-bond donors (Lipinski definition) is 1. The van der Waals surface area contributed by atoms with Crippen LogP contribution < -0.4 is 5.73 Å². The number of nitrogens with two attached hydrogens (primary N) is 1. The van der Waals surface area contributed by atoms with Crippen molar-refractivity contribution in [3.05, 3.63) is 12.4 Å². The molecule has 0 radical (unpaired) electrons. The Hall–Kier alpha value is -1.43. The summed E-state index contributed by atoms with van der Waals surface area (Å²) in [5.41, 5.74) is 5.66. The number of amides is 1. The van der Waals surface area contributed by atoms with Gasteiger partial charge in [-0.2, -0.15) is 0 Å². The summed E-state index contributed by atoms with van der Waals surface area (Å²) in [5, 5.41) is 7.55. The molecular formula is C11H19N5O. The van der Waals surface area contributed by atoms with Crippen molar-refractivity contribution in [3.8, 4) is 0 Å². The maximum Gasteiger partial charge on any atom is 0.224 e. The van der Waals surface area contributed by atoms with Crippen molar-refractivity contribution in [1.82, 2.24) is 19.9 Å². The van der Waals surface area contributed by atoms with Gasteiger partial charge in [-0.15, -0.1) is 5.10 Å². The van der Waals surface area contributed by atoms with Crippen LogP contribution in [0.15, 0.2) is 12.4 Å². The van der Waals surface area contributed by atoms with E-state index in [9.17, 15) is 4.79 Å². The van der Waals surface area contributed by atoms with Gasteiger partial charge >= 0.3 is 0 Å². The minimum Gasteiger partial charge on any atom is -0.342 e. The lowest BCUT2D eigenvalue weighted by atomic mass is 9.98. The summed E-state index contributed by atoms with van der Waals surface area (Å²) < 4.78 is 1.68. The molecule has 1 aliphatic rings. The van der Waals surface area contributed by atoms with Gasteiger partial charge in [0, 0.05) is 25.7 Å². The first kappa shape index (κ1) is 12.0. The van der Waals surface area contributed by atoms with Crippen molar-refractivity contribution in [2.24, 2.45) is 11.7 Å². The average Bonchev–Trinajstić information content (AvgIpc) is 2.89. The summed E-state index contributed by atoms with van der Waals surface area (Å²) in [6.45, 7) is 2.95. The number of carbonyl (C=O) groups excluding carboxylic acids is 1. The molecule has 2 rings (SSSR count). The van der Waals surface area contributed by atoms with Gasteiger partial charge in [0.15, 0.2) is 0 Å². The summed E-state index contributed by atoms with van der Waals surface area (Å²) in [4.78, 5) is 13.9. The summed E-state index contributed by atoms with van der Waals surface area (Å²) >= 11 is 0. The van der Waals surface area contributed by atoms with Crippen LogP contribution in [0.25, 0.3) is 0 Å². The highest BCUT2D eigenvalue weighted by atomic mass is 16.2. The van der Waals surface area contributed by atoms with Crippen LogP contribution in [0.1, 0.15) is 19.3 Å². The highest BCUT2D eigenvalue weighted by molar-refractivity contribution is 5.76. The fraction of sp³-hybridized carbons (Fsp3) is 0.727. The molecule has 2 N–H and O–H groups in total. The van der Waals surface area contributed by atoms with E-state index < -0.39 is 0 Å². The Bertz CT molecular complexity index is 351. The van der Waals surface area contributed by atoms with Gasteiger partial charge < -0.3 is 10.6 Å². The van der Waals surface area contributed by atoms with Gasteiger partial charge in [-0.25, -0.2) is 0 Å². The number of likely N-dealkylation sites (tertiary alicyclic amines) is 1. The first-order valence-electron chi connectivity index (χ1n) is 6.11. The van der Waals surface area contributed by atoms with Crippen molar-refractivity contribution in [3.63, 3.8) is 0 Å². The number of hydrogen-bond acceptors (Lipinski definition) is 4. The zero-order chi connectivity index (χ0) is 12.1. The molecule has 1 saturated heterocycles. The molecule has 0 bridgehead atoms. The second-order valence-corrected chi connectivity index (χ2v) is 4.50. The maximum absolute atomic E-state index is 12.0. The van der Waals surface area contributed by atoms with Crippen LogP contribution >= 0.6 is 0 Å². The predicted octanol–water partition coefficient (Wildman–Crippen LogP) is -0.135. The lowest BCUT2D eigenvalue weighted by molar-refractivity contribution is -0.133. The zero-order valence-corrected chi connectivity index (χ0v) is 9.96. The third kappa shape index (κ3) is 3.26. The molecular weight excluding hydrogens is 218 g/mol. The summed E-state index contributed by atoms with van der Waals surface area (Å²) in [5.74, 6) is 0.665. The Labute approximate surface area is 101 Å². The number of carbonyl (C=O) groups is 1. The monoisotopic (exact) mass is 237 g/mol. The van der Waals surface area contributed by atoms with Crippen molar-refractivity contribution >= 4 is 5.91 Å². The average molecular weight is 237 g/mol. The van der Waals surface area contributed by atoms with E-state index in [-0.39, 0.29) is 5.91 Å². The quantitative estimate of drug-likeness (QED) is 0.791. The molecule has 1 unspecified atom stereocenters. The number of nitrogens with zero attached hydrogens (tertiary/aromatic N) is 4. The molecule has 0 spiro atoms. The Morgan fingerprint density at radius 3 is 3.12 bits per heavy atom. The van der Waals surface area contributed by atoms with Crippen LogP contribution in [-0.2, 0) is 11.3 Å². The van der Waals surface area contributed by atoms with Crippen LogP contribution in [0.3, 0.4) is 0 Å². The van der Waals surface area contributed by atoms with E-state index in [4.69, 9.17) is 5.73 Å². The lowest BCUT2D eigenvalue weighted by Crippen LogP contribution is -2.42. The SMILES string of the molecule is NCC1CCCN(C(=O)CCn2ccnn2)C1. The van der Waals surface area contributed by atoms with Crippen LogP contribution in [0.4, 0.5) is 0 Å². The first-order valence-corrected chi connectivity index (χ1v) is 6.11. The van der Waals surface area contributed by atoms with E-state index in [2.05, 4.69) is 10.3 Å². The van der Waals surface area contributed by atoms with Gasteiger partial charge in [0.1, 0.15) is 0 Å². The molecule has 1 aliphatic heterocycles. The first-order chi connectivity index (χ1) is 8.29. The van der Waals surface area contributed by atoms with E-state index in [0.29, 0.717) is 25.4 Å². The zero-order valence-electron chi connectivity index (χ0n) is 9.96. The molecule has 2 heterocycles. The van der Waals surface area contributed by atoms with Gasteiger partial charge in [0.25, 0.3) is 0 Å². The lowest BCUT2D eigenvalue weighted by Gasteiger charge is -2.32. The van der Waals surface area contributed by atoms with Crippen molar-refractivity contribution in [1.29, 1.82) is 0 Å². The van der Waals surface area contributed by atoms with Crippen molar-refractivity contribution < 1.29 is 4.79 Å². The van der Waals surface area contributed by atoms with E-state index in [1.165, 1.54) is 0 Å². The van der Waals surface area contributed by atoms with E-state index in [1.54, 1.807) is 17.1 Å². The summed E-state index contributed by atoms with van der Waals surface area (Å²) in [6.07, 6.45) is 6.09. The van der Waals surface area contributed by atoms with E-state index in [1.807, 2.05) is 4.90 Å². The number of aromatic nitrogens is 3. The third-order valence-electron chi connectivity index (χ3n) is 3.23. The maximum atomic E-state index is 12.0. The minimum atomic E-state index is 0.193. The van der Waals surface area contributed by atoms with Crippen LogP contribution in [-0.4, -0.2) is 45.4 Å². The molecule has 1 amide bonds. The molecule has 1 fully saturated rings. The van der Waals surface area contributed by atoms with Gasteiger partial charge in [0.05, 0.1) is 12.7 Å². The molecule has 6 nitrogen and oxygen atoms in total. The van der Waals surface area contributed by atoms with Gasteiger partial charge in [-0.05, 0) is 25.3 Å². The Morgan fingerprint density at radius 1 is 1.53 bits per heavy atom. The molecule has 17 heavy (non-hydrogen) atoms. The summed E-state index contributed by atoms with van der Waals surface area (Å²) in [6, 6.07) is 0. The fourth-order valence-corrected chi connectivity index (χ4v) is 2.20. The summed E-state index contributed by atoms with van der Waals surface area (Å²) in [7, 11) is 0. The largest absolute Gasteiger partial charge is 0.342 e. The molecule has 6 heteroatoms. The second-order valence-electron chi connectivity index (χ2n) is 4.50. The molecule has 94 valence electrons. The predicted molar refractivity (Wildman–Crippen MR) is 63.0 cm³/mol. The van der Waals surface area contributed by atoms with Crippen molar-refractivity contribution in [2.45, 2.75) is 25.8 Å². The van der Waals surface area contributed by atoms with Gasteiger partial charge in [-0.1, -0.05) is 5.21 Å². The third-order valence-corrected chi connectivity index (χ3v) is 3.23. The number of piperidine rings is 1. The Morgan fingerprint density at radius 2 is 2.41 bits per heavy atom. The van der Waals surface area contributed by atoms with E-state index in [0.717, 1.165) is 25.9 Å². The van der Waals surface area contributed by atoms with Gasteiger partial charge in [-0.3, -0.25) is 9.48 Å². The minimum absolute atomic E-state index is 0.193. The molecule has 0 aliphatic carbocycles. The normalized spacial score (nSPS) is 20.5. The fourth-order valence-electron chi connectivity index (χ4n) is 2.20. The Balaban J connectivity index is 1.79. The molecule has 1 atom stereocenters. The molecule has 0 saturated carbocycles. The number of rotatable bonds is 4. The van der Waals surface area contributed by atoms with Crippen LogP contribution in [0.2, 0.25) is 0 Å². The standard InChI is InChI=1S/C11H19N5O/c12-8-10-2-1-5-15(9-10)11(17)3-6-16-7-4-13-14-16/h4,7,10H,1-3,5-6,8-9,12H2. The van der Waals surface area contributed by atoms with Crippen LogP contribution in [0, 0.1) is 5.92 Å². The van der Waals surface area contributed by atoms with E-state index >= 15 is 0 Å². The molecule has 1 aromatic rings. The van der Waals surface area contributed by atoms with Gasteiger partial charge in [0.2, 0.25) is 5.91 Å². The topological polar surface area (TPSA) is 77.0 Å². The van der Waals surface area contributed by atoms with Crippen molar-refractivity contribution in [2.75, 3.05) is 19.6 Å². The number of aryl methyl sites for hydroxylation is 1. The van der Waals surface area contributed by atoms with Crippen LogP contribution in [0.5, 0.6) is 0 Å². The highest BCUT2D eigenvalue weighted by Crippen LogP contribution is 2.15. The molecule has 1 aromatic heterocycles. The molecule has 0 aromatic carbocycles. The Kier molecular flexibility index (Phi) is 4.08. The second kappa shape index (κ2) is 5.77. The highest BCUT2D eigenvalue weighted by Gasteiger charge is 2.22.